The van der Waals surface area contributed by atoms with E-state index in [4.69, 9.17) is 0 Å². The van der Waals surface area contributed by atoms with Gasteiger partial charge in [-0.25, -0.2) is 13.4 Å². The number of halogens is 3. The molecule has 0 N–H and O–H groups in total. The molecule has 0 fully saturated rings. The summed E-state index contributed by atoms with van der Waals surface area (Å²) in [6, 6.07) is 0.666. The Morgan fingerprint density at radius 3 is 2.45 bits per heavy atom. The molecule has 108 valence electrons. The molecule has 0 saturated heterocycles. The minimum absolute atomic E-state index is 0.0672. The number of hydrogen-bond acceptors (Lipinski definition) is 6. The smallest absolute Gasteiger partial charge is 0.501 e. The summed E-state index contributed by atoms with van der Waals surface area (Å²) in [5.41, 5.74) is -6.60. The van der Waals surface area contributed by atoms with E-state index in [1.54, 1.807) is 0 Å². The maximum atomic E-state index is 12.4. The first-order valence-electron chi connectivity index (χ1n) is 4.81. The highest BCUT2D eigenvalue weighted by atomic mass is 32.2. The van der Waals surface area contributed by atoms with Gasteiger partial charge >= 0.3 is 11.2 Å². The molecule has 0 aromatic heterocycles. The highest BCUT2D eigenvalue weighted by Gasteiger charge is 2.48. The summed E-state index contributed by atoms with van der Waals surface area (Å²) >= 11 is 0. The van der Waals surface area contributed by atoms with Crippen molar-refractivity contribution in [1.29, 1.82) is 0 Å². The molecule has 0 bridgehead atoms. The SMILES string of the molecule is O=[N+]([O-])c1cc(S(=O)(=O)C(F)(F)F)cc2c1=NC[N+]=2[O-]. The fraction of sp³-hybridized carbons (Fsp3) is 0.250. The van der Waals surface area contributed by atoms with Gasteiger partial charge in [0.2, 0.25) is 17.4 Å². The molecule has 0 radical (unpaired) electrons. The van der Waals surface area contributed by atoms with Gasteiger partial charge in [0.25, 0.3) is 9.84 Å². The number of sulfone groups is 1. The Labute approximate surface area is 108 Å². The number of nitrogens with zero attached hydrogens (tertiary/aromatic N) is 3. The average Bonchev–Trinajstić information content (AvgIpc) is 2.68. The van der Waals surface area contributed by atoms with Gasteiger partial charge in [0.05, 0.1) is 9.82 Å². The predicted molar refractivity (Wildman–Crippen MR) is 56.6 cm³/mol. The third-order valence-corrected chi connectivity index (χ3v) is 3.95. The summed E-state index contributed by atoms with van der Waals surface area (Å²) in [5.74, 6) is 0. The van der Waals surface area contributed by atoms with E-state index in [9.17, 15) is 36.9 Å². The molecule has 0 aliphatic carbocycles. The van der Waals surface area contributed by atoms with E-state index < -0.39 is 48.2 Å². The molecule has 0 saturated carbocycles. The minimum Gasteiger partial charge on any atom is -0.622 e. The molecule has 0 spiro atoms. The fourth-order valence-corrected chi connectivity index (χ4v) is 2.37. The van der Waals surface area contributed by atoms with E-state index in [1.807, 2.05) is 0 Å². The van der Waals surface area contributed by atoms with Crippen molar-refractivity contribution in [2.24, 2.45) is 4.99 Å². The zero-order valence-corrected chi connectivity index (χ0v) is 10.1. The summed E-state index contributed by atoms with van der Waals surface area (Å²) in [7, 11) is -5.79. The molecule has 2 rings (SSSR count). The van der Waals surface area contributed by atoms with Gasteiger partial charge in [-0.05, 0) is 0 Å². The Morgan fingerprint density at radius 1 is 1.35 bits per heavy atom. The van der Waals surface area contributed by atoms with Crippen LogP contribution in [0.3, 0.4) is 0 Å². The van der Waals surface area contributed by atoms with E-state index in [1.165, 1.54) is 0 Å². The topological polar surface area (TPSA) is 116 Å². The van der Waals surface area contributed by atoms with Crippen LogP contribution < -0.4 is 15.5 Å². The van der Waals surface area contributed by atoms with Crippen molar-refractivity contribution in [2.45, 2.75) is 10.4 Å². The molecule has 0 unspecified atom stereocenters. The number of rotatable bonds is 2. The highest BCUT2D eigenvalue weighted by molar-refractivity contribution is 7.92. The average molecular weight is 311 g/mol. The summed E-state index contributed by atoms with van der Waals surface area (Å²) in [6.45, 7) is -0.550. The first-order valence-corrected chi connectivity index (χ1v) is 6.30. The largest absolute Gasteiger partial charge is 0.622 e. The number of nitro groups is 1. The van der Waals surface area contributed by atoms with Crippen LogP contribution in [0.1, 0.15) is 0 Å². The number of nitro benzene ring substituents is 1. The predicted octanol–water partition coefficient (Wildman–Crippen LogP) is -0.532. The maximum absolute atomic E-state index is 12.4. The zero-order valence-electron chi connectivity index (χ0n) is 9.29. The third-order valence-electron chi connectivity index (χ3n) is 2.48. The van der Waals surface area contributed by atoms with Gasteiger partial charge in [0, 0.05) is 12.1 Å². The number of non-ortho nitro benzene ring substituents is 1. The first kappa shape index (κ1) is 14.2. The van der Waals surface area contributed by atoms with Gasteiger partial charge in [-0.3, -0.25) is 10.1 Å². The van der Waals surface area contributed by atoms with Crippen molar-refractivity contribution in [1.82, 2.24) is 4.74 Å². The van der Waals surface area contributed by atoms with Crippen LogP contribution >= 0.6 is 0 Å². The van der Waals surface area contributed by atoms with Crippen molar-refractivity contribution < 1.29 is 26.5 Å². The molecule has 1 aromatic rings. The van der Waals surface area contributed by atoms with E-state index in [-0.39, 0.29) is 10.8 Å². The monoisotopic (exact) mass is 311 g/mol. The van der Waals surface area contributed by atoms with E-state index in [0.29, 0.717) is 6.07 Å². The second kappa shape index (κ2) is 4.13. The lowest BCUT2D eigenvalue weighted by Gasteiger charge is -2.07. The van der Waals surface area contributed by atoms with Crippen LogP contribution in [-0.4, -0.2) is 25.5 Å². The Balaban J connectivity index is 2.89. The lowest BCUT2D eigenvalue weighted by atomic mass is 10.3. The quantitative estimate of drug-likeness (QED) is 0.315. The number of hydroxylamine groups is 1. The summed E-state index contributed by atoms with van der Waals surface area (Å²) in [5, 5.41) is 21.0. The van der Waals surface area contributed by atoms with Crippen LogP contribution in [0.5, 0.6) is 0 Å². The maximum Gasteiger partial charge on any atom is 0.501 e. The highest BCUT2D eigenvalue weighted by Crippen LogP contribution is 2.30. The lowest BCUT2D eigenvalue weighted by Crippen LogP contribution is -2.34. The van der Waals surface area contributed by atoms with Gasteiger partial charge in [0.1, 0.15) is 0 Å². The van der Waals surface area contributed by atoms with E-state index in [0.717, 1.165) is 0 Å². The van der Waals surface area contributed by atoms with Gasteiger partial charge < -0.3 is 5.21 Å². The zero-order chi connectivity index (χ0) is 15.3. The fourth-order valence-electron chi connectivity index (χ4n) is 1.57. The first-order chi connectivity index (χ1) is 9.05. The minimum atomic E-state index is -5.79. The van der Waals surface area contributed by atoms with Crippen LogP contribution in [-0.2, 0) is 9.84 Å². The molecule has 1 aliphatic rings. The molecule has 20 heavy (non-hydrogen) atoms. The van der Waals surface area contributed by atoms with E-state index >= 15 is 0 Å². The van der Waals surface area contributed by atoms with Gasteiger partial charge in [0.15, 0.2) is 0 Å². The van der Waals surface area contributed by atoms with Crippen molar-refractivity contribution >= 4 is 15.5 Å². The van der Waals surface area contributed by atoms with E-state index in [2.05, 4.69) is 4.99 Å². The second-order valence-electron chi connectivity index (χ2n) is 3.69. The molecular weight excluding hydrogens is 307 g/mol. The molecule has 1 aromatic carbocycles. The summed E-state index contributed by atoms with van der Waals surface area (Å²) in [6.07, 6.45) is 0. The number of benzene rings is 1. The normalized spacial score (nSPS) is 14.8. The van der Waals surface area contributed by atoms with Gasteiger partial charge in [-0.1, -0.05) is 0 Å². The van der Waals surface area contributed by atoms with Crippen LogP contribution in [0, 0.1) is 15.3 Å². The Hall–Kier alpha value is -2.24. The van der Waals surface area contributed by atoms with Crippen molar-refractivity contribution in [2.75, 3.05) is 6.67 Å². The molecule has 0 amide bonds. The van der Waals surface area contributed by atoms with Crippen LogP contribution in [0.15, 0.2) is 22.0 Å². The van der Waals surface area contributed by atoms with Gasteiger partial charge in [-0.2, -0.15) is 17.9 Å². The number of alkyl halides is 3. The Bertz CT molecular complexity index is 830. The van der Waals surface area contributed by atoms with Gasteiger partial charge in [-0.15, -0.1) is 0 Å². The molecule has 0 atom stereocenters. The third kappa shape index (κ3) is 1.97. The molecule has 8 nitrogen and oxygen atoms in total. The molecule has 1 heterocycles. The molecule has 1 aliphatic heterocycles. The molecular formula is C8H4F3N3O5S. The van der Waals surface area contributed by atoms with Crippen molar-refractivity contribution in [3.63, 3.8) is 0 Å². The summed E-state index contributed by atoms with van der Waals surface area (Å²) in [4.78, 5) is 11.8. The van der Waals surface area contributed by atoms with Crippen LogP contribution in [0.4, 0.5) is 18.9 Å². The Morgan fingerprint density at radius 2 is 1.95 bits per heavy atom. The number of fused-ring (bicyclic) bond motifs is 1. The number of hydrogen-bond donors (Lipinski definition) is 0. The van der Waals surface area contributed by atoms with Crippen LogP contribution in [0.2, 0.25) is 0 Å². The van der Waals surface area contributed by atoms with Crippen molar-refractivity contribution in [3.05, 3.63) is 38.2 Å². The Kier molecular flexibility index (Phi) is 2.92. The molecule has 12 heteroatoms. The van der Waals surface area contributed by atoms with Crippen molar-refractivity contribution in [3.8, 4) is 0 Å². The second-order valence-corrected chi connectivity index (χ2v) is 5.64. The lowest BCUT2D eigenvalue weighted by molar-refractivity contribution is -0.386. The van der Waals surface area contributed by atoms with Crippen LogP contribution in [0.25, 0.3) is 0 Å². The standard InChI is InChI=1S/C8H4F3N3O5S/c9-8(10,11)20(18,19)4-1-5-7(12-3-13(5)15)6(2-4)14(16)17/h1-2H,3H2. The summed E-state index contributed by atoms with van der Waals surface area (Å²) < 4.78 is 59.8.